The number of hydrogen-bond acceptors (Lipinski definition) is 6. The summed E-state index contributed by atoms with van der Waals surface area (Å²) in [5.41, 5.74) is 0.873. The Morgan fingerprint density at radius 3 is 3.10 bits per heavy atom. The summed E-state index contributed by atoms with van der Waals surface area (Å²) < 4.78 is 6.69. The summed E-state index contributed by atoms with van der Waals surface area (Å²) in [6.45, 7) is 0. The number of ether oxygens (including phenoxy) is 1. The average Bonchev–Trinajstić information content (AvgIpc) is 2.94. The molecule has 1 aliphatic rings. The predicted octanol–water partition coefficient (Wildman–Crippen LogP) is 0.665. The van der Waals surface area contributed by atoms with Crippen molar-refractivity contribution in [1.82, 2.24) is 20.2 Å². The van der Waals surface area contributed by atoms with Gasteiger partial charge in [0.2, 0.25) is 5.95 Å². The number of allylic oxidation sites excluding steroid dienone is 1. The number of rotatable bonds is 3. The fraction of sp³-hybridized carbons (Fsp3) is 0.167. The molecule has 2 aromatic rings. The van der Waals surface area contributed by atoms with E-state index < -0.39 is 12.0 Å². The molecule has 1 unspecified atom stereocenters. The summed E-state index contributed by atoms with van der Waals surface area (Å²) in [6, 6.07) is 6.92. The van der Waals surface area contributed by atoms with Crippen molar-refractivity contribution in [3.8, 4) is 5.75 Å². The highest BCUT2D eigenvalue weighted by Gasteiger charge is 2.26. The number of carboxylic acid groups (broad SMARTS) is 1. The second-order valence-corrected chi connectivity index (χ2v) is 4.18. The van der Waals surface area contributed by atoms with E-state index in [0.717, 1.165) is 5.56 Å². The Morgan fingerprint density at radius 1 is 1.50 bits per heavy atom. The Labute approximate surface area is 113 Å². The van der Waals surface area contributed by atoms with Crippen LogP contribution in [-0.2, 0) is 4.79 Å². The molecule has 1 aromatic heterocycles. The highest BCUT2D eigenvalue weighted by atomic mass is 16.5. The van der Waals surface area contributed by atoms with Crippen LogP contribution in [0, 0.1) is 0 Å². The first-order valence-electron chi connectivity index (χ1n) is 5.83. The van der Waals surface area contributed by atoms with E-state index in [2.05, 4.69) is 20.8 Å². The van der Waals surface area contributed by atoms with Crippen LogP contribution >= 0.6 is 0 Å². The number of anilines is 1. The third-order valence-electron chi connectivity index (χ3n) is 2.99. The average molecular weight is 273 g/mol. The minimum absolute atomic E-state index is 0.0418. The molecule has 0 saturated carbocycles. The van der Waals surface area contributed by atoms with Crippen molar-refractivity contribution in [2.24, 2.45) is 0 Å². The highest BCUT2D eigenvalue weighted by Crippen LogP contribution is 2.29. The summed E-state index contributed by atoms with van der Waals surface area (Å²) in [4.78, 5) is 11.2. The van der Waals surface area contributed by atoms with Crippen molar-refractivity contribution in [3.05, 3.63) is 41.6 Å². The first-order valence-corrected chi connectivity index (χ1v) is 5.83. The van der Waals surface area contributed by atoms with Crippen LogP contribution < -0.4 is 10.1 Å². The van der Waals surface area contributed by atoms with Gasteiger partial charge < -0.3 is 15.2 Å². The van der Waals surface area contributed by atoms with Crippen molar-refractivity contribution in [2.75, 3.05) is 12.4 Å². The van der Waals surface area contributed by atoms with E-state index in [-0.39, 0.29) is 11.6 Å². The molecule has 0 fully saturated rings. The third kappa shape index (κ3) is 1.96. The third-order valence-corrected chi connectivity index (χ3v) is 2.99. The lowest BCUT2D eigenvalue weighted by molar-refractivity contribution is -0.132. The van der Waals surface area contributed by atoms with Crippen molar-refractivity contribution < 1.29 is 14.6 Å². The minimum atomic E-state index is -1.06. The quantitative estimate of drug-likeness (QED) is 0.847. The van der Waals surface area contributed by atoms with Crippen molar-refractivity contribution in [3.63, 3.8) is 0 Å². The molecule has 0 amide bonds. The molecule has 8 heteroatoms. The summed E-state index contributed by atoms with van der Waals surface area (Å²) >= 11 is 0. The molecule has 0 radical (unpaired) electrons. The van der Waals surface area contributed by atoms with Gasteiger partial charge in [-0.3, -0.25) is 0 Å². The molecule has 0 spiro atoms. The van der Waals surface area contributed by atoms with Crippen LogP contribution in [0.1, 0.15) is 11.6 Å². The number of methoxy groups -OCH3 is 1. The van der Waals surface area contributed by atoms with Crippen LogP contribution in [0.2, 0.25) is 0 Å². The van der Waals surface area contributed by atoms with Crippen LogP contribution in [0.4, 0.5) is 5.95 Å². The van der Waals surface area contributed by atoms with Gasteiger partial charge in [0.1, 0.15) is 17.5 Å². The van der Waals surface area contributed by atoms with Gasteiger partial charge in [-0.05, 0) is 34.2 Å². The number of aliphatic carboxylic acids is 1. The monoisotopic (exact) mass is 273 g/mol. The Bertz CT molecular complexity index is 694. The summed E-state index contributed by atoms with van der Waals surface area (Å²) in [5.74, 6) is -0.0919. The first kappa shape index (κ1) is 12.2. The molecule has 2 heterocycles. The van der Waals surface area contributed by atoms with Gasteiger partial charge in [-0.1, -0.05) is 17.2 Å². The molecule has 20 heavy (non-hydrogen) atoms. The topological polar surface area (TPSA) is 102 Å². The molecule has 0 aliphatic carbocycles. The second-order valence-electron chi connectivity index (χ2n) is 4.18. The molecule has 1 atom stereocenters. The zero-order valence-corrected chi connectivity index (χ0v) is 10.5. The maximum Gasteiger partial charge on any atom is 0.352 e. The summed E-state index contributed by atoms with van der Waals surface area (Å²) in [5, 5.41) is 23.0. The van der Waals surface area contributed by atoms with Gasteiger partial charge in [0, 0.05) is 0 Å². The molecule has 3 rings (SSSR count). The van der Waals surface area contributed by atoms with Crippen LogP contribution in [0.15, 0.2) is 36.0 Å². The lowest BCUT2D eigenvalue weighted by atomic mass is 10.0. The number of carbonyl (C=O) groups is 1. The Morgan fingerprint density at radius 2 is 2.35 bits per heavy atom. The Hall–Kier alpha value is -2.90. The SMILES string of the molecule is COc1cccc(C2C=C(C(=O)O)Nc3nnnn32)c1. The fourth-order valence-corrected chi connectivity index (χ4v) is 2.04. The Kier molecular flexibility index (Phi) is 2.82. The molecule has 102 valence electrons. The van der Waals surface area contributed by atoms with Gasteiger partial charge >= 0.3 is 5.97 Å². The minimum Gasteiger partial charge on any atom is -0.497 e. The van der Waals surface area contributed by atoms with Gasteiger partial charge in [-0.2, -0.15) is 4.68 Å². The number of nitrogens with one attached hydrogen (secondary N) is 1. The summed E-state index contributed by atoms with van der Waals surface area (Å²) in [7, 11) is 1.57. The molecule has 1 aromatic carbocycles. The smallest absolute Gasteiger partial charge is 0.352 e. The van der Waals surface area contributed by atoms with E-state index in [0.29, 0.717) is 5.75 Å². The lowest BCUT2D eigenvalue weighted by Crippen LogP contribution is -2.24. The molecular formula is C12H11N5O3. The Balaban J connectivity index is 2.09. The molecule has 1 aliphatic heterocycles. The molecule has 0 saturated heterocycles. The van der Waals surface area contributed by atoms with Crippen LogP contribution in [0.5, 0.6) is 5.75 Å². The van der Waals surface area contributed by atoms with Gasteiger partial charge in [0.25, 0.3) is 0 Å². The van der Waals surface area contributed by atoms with Crippen molar-refractivity contribution in [2.45, 2.75) is 6.04 Å². The van der Waals surface area contributed by atoms with Gasteiger partial charge in [-0.25, -0.2) is 4.79 Å². The normalized spacial score (nSPS) is 16.9. The van der Waals surface area contributed by atoms with E-state index in [1.54, 1.807) is 13.2 Å². The number of hydrogen-bond donors (Lipinski definition) is 2. The fourth-order valence-electron chi connectivity index (χ4n) is 2.04. The number of carboxylic acids is 1. The molecule has 0 bridgehead atoms. The number of nitrogens with zero attached hydrogens (tertiary/aromatic N) is 4. The number of fused-ring (bicyclic) bond motifs is 1. The highest BCUT2D eigenvalue weighted by molar-refractivity contribution is 5.90. The van der Waals surface area contributed by atoms with Crippen LogP contribution in [0.25, 0.3) is 0 Å². The van der Waals surface area contributed by atoms with Crippen molar-refractivity contribution >= 4 is 11.9 Å². The van der Waals surface area contributed by atoms with Gasteiger partial charge in [0.05, 0.1) is 7.11 Å². The molecular weight excluding hydrogens is 262 g/mol. The predicted molar refractivity (Wildman–Crippen MR) is 68.3 cm³/mol. The second kappa shape index (κ2) is 4.65. The maximum absolute atomic E-state index is 11.2. The van der Waals surface area contributed by atoms with E-state index in [1.807, 2.05) is 24.3 Å². The summed E-state index contributed by atoms with van der Waals surface area (Å²) in [6.07, 6.45) is 1.56. The lowest BCUT2D eigenvalue weighted by Gasteiger charge is -2.21. The maximum atomic E-state index is 11.2. The van der Waals surface area contributed by atoms with Gasteiger partial charge in [0.15, 0.2) is 0 Å². The van der Waals surface area contributed by atoms with Crippen LogP contribution in [-0.4, -0.2) is 38.4 Å². The van der Waals surface area contributed by atoms with Crippen LogP contribution in [0.3, 0.4) is 0 Å². The van der Waals surface area contributed by atoms with E-state index in [9.17, 15) is 4.79 Å². The molecule has 8 nitrogen and oxygen atoms in total. The zero-order chi connectivity index (χ0) is 14.1. The molecule has 2 N–H and O–H groups in total. The number of benzene rings is 1. The van der Waals surface area contributed by atoms with E-state index >= 15 is 0 Å². The number of aromatic nitrogens is 4. The standard InChI is InChI=1S/C12H11N5O3/c1-20-8-4-2-3-7(5-8)10-6-9(11(18)19)13-12-14-15-16-17(10)12/h2-6,10H,1H3,(H,18,19)(H,13,14,16). The van der Waals surface area contributed by atoms with E-state index in [4.69, 9.17) is 9.84 Å². The number of tetrazole rings is 1. The zero-order valence-electron chi connectivity index (χ0n) is 10.5. The largest absolute Gasteiger partial charge is 0.497 e. The van der Waals surface area contributed by atoms with Gasteiger partial charge in [-0.15, -0.1) is 0 Å². The van der Waals surface area contributed by atoms with Crippen molar-refractivity contribution in [1.29, 1.82) is 0 Å². The van der Waals surface area contributed by atoms with E-state index in [1.165, 1.54) is 4.68 Å². The first-order chi connectivity index (χ1) is 9.69.